The van der Waals surface area contributed by atoms with Gasteiger partial charge in [-0.1, -0.05) is 6.07 Å². The number of likely N-dealkylation sites (tertiary alicyclic amines) is 1. The number of urea groups is 1. The van der Waals surface area contributed by atoms with Gasteiger partial charge in [-0.3, -0.25) is 9.78 Å². The van der Waals surface area contributed by atoms with Gasteiger partial charge in [-0.05, 0) is 24.5 Å². The van der Waals surface area contributed by atoms with Crippen LogP contribution in [0.2, 0.25) is 0 Å². The fourth-order valence-electron chi connectivity index (χ4n) is 3.20. The Morgan fingerprint density at radius 2 is 2.08 bits per heavy atom. The first-order valence-corrected chi connectivity index (χ1v) is 8.52. The second-order valence-corrected chi connectivity index (χ2v) is 6.24. The maximum Gasteiger partial charge on any atom is 0.317 e. The lowest BCUT2D eigenvalue weighted by Gasteiger charge is -2.36. The predicted molar refractivity (Wildman–Crippen MR) is 88.2 cm³/mol. The lowest BCUT2D eigenvalue weighted by molar-refractivity contribution is -0.141. The summed E-state index contributed by atoms with van der Waals surface area (Å²) in [5.74, 6) is 0.0593. The minimum atomic E-state index is -0.113. The SMILES string of the molecule is O=C(NCc1cccnc1)N1CCC[C@@H](C(=O)N2CCOCC2)C1. The largest absolute Gasteiger partial charge is 0.378 e. The molecule has 2 saturated heterocycles. The van der Waals surface area contributed by atoms with E-state index < -0.39 is 0 Å². The number of morpholine rings is 1. The third kappa shape index (κ3) is 4.23. The molecule has 0 spiro atoms. The van der Waals surface area contributed by atoms with Crippen molar-refractivity contribution in [3.05, 3.63) is 30.1 Å². The van der Waals surface area contributed by atoms with Crippen LogP contribution in [0.3, 0.4) is 0 Å². The minimum absolute atomic E-state index is 0.0963. The zero-order valence-electron chi connectivity index (χ0n) is 13.8. The van der Waals surface area contributed by atoms with Crippen LogP contribution < -0.4 is 5.32 Å². The van der Waals surface area contributed by atoms with Gasteiger partial charge in [0.15, 0.2) is 0 Å². The summed E-state index contributed by atoms with van der Waals surface area (Å²) in [7, 11) is 0. The van der Waals surface area contributed by atoms with Crippen molar-refractivity contribution in [1.29, 1.82) is 0 Å². The molecular formula is C17H24N4O3. The standard InChI is InChI=1S/C17H24N4O3/c22-16(20-7-9-24-10-8-20)15-4-2-6-21(13-15)17(23)19-12-14-3-1-5-18-11-14/h1,3,5,11,15H,2,4,6-10,12-13H2,(H,19,23)/t15-/m1/s1. The van der Waals surface area contributed by atoms with Crippen LogP contribution in [0, 0.1) is 5.92 Å². The average molecular weight is 332 g/mol. The Kier molecular flexibility index (Phi) is 5.63. The van der Waals surface area contributed by atoms with E-state index in [1.165, 1.54) is 0 Å². The molecule has 1 aromatic rings. The van der Waals surface area contributed by atoms with Crippen LogP contribution >= 0.6 is 0 Å². The van der Waals surface area contributed by atoms with Crippen molar-refractivity contribution in [2.24, 2.45) is 5.92 Å². The molecule has 0 bridgehead atoms. The molecule has 1 atom stereocenters. The van der Waals surface area contributed by atoms with Gasteiger partial charge in [-0.2, -0.15) is 0 Å². The minimum Gasteiger partial charge on any atom is -0.378 e. The number of nitrogens with one attached hydrogen (secondary N) is 1. The Balaban J connectivity index is 1.50. The van der Waals surface area contributed by atoms with E-state index in [0.29, 0.717) is 45.9 Å². The molecule has 7 heteroatoms. The molecule has 7 nitrogen and oxygen atoms in total. The summed E-state index contributed by atoms with van der Waals surface area (Å²) in [6.07, 6.45) is 5.16. The zero-order valence-corrected chi connectivity index (χ0v) is 13.8. The molecule has 1 N–H and O–H groups in total. The van der Waals surface area contributed by atoms with Gasteiger partial charge >= 0.3 is 6.03 Å². The number of amides is 3. The van der Waals surface area contributed by atoms with Crippen LogP contribution in [0.4, 0.5) is 4.79 Å². The average Bonchev–Trinajstić information content (AvgIpc) is 2.67. The Bertz CT molecular complexity index is 560. The van der Waals surface area contributed by atoms with Gasteiger partial charge in [0.25, 0.3) is 0 Å². The molecule has 2 fully saturated rings. The number of piperidine rings is 1. The molecule has 0 aliphatic carbocycles. The van der Waals surface area contributed by atoms with Crippen LogP contribution in [0.15, 0.2) is 24.5 Å². The number of nitrogens with zero attached hydrogens (tertiary/aromatic N) is 3. The number of hydrogen-bond acceptors (Lipinski definition) is 4. The van der Waals surface area contributed by atoms with Crippen LogP contribution in [0.5, 0.6) is 0 Å². The van der Waals surface area contributed by atoms with Crippen molar-refractivity contribution in [1.82, 2.24) is 20.1 Å². The van der Waals surface area contributed by atoms with E-state index in [2.05, 4.69) is 10.3 Å². The molecule has 3 heterocycles. The number of carbonyl (C=O) groups excluding carboxylic acids is 2. The molecule has 2 aliphatic heterocycles. The second-order valence-electron chi connectivity index (χ2n) is 6.24. The van der Waals surface area contributed by atoms with Crippen LogP contribution in [0.1, 0.15) is 18.4 Å². The quantitative estimate of drug-likeness (QED) is 0.891. The van der Waals surface area contributed by atoms with Gasteiger partial charge in [0, 0.05) is 45.1 Å². The van der Waals surface area contributed by atoms with Crippen molar-refractivity contribution in [3.63, 3.8) is 0 Å². The topological polar surface area (TPSA) is 74.8 Å². The Labute approximate surface area is 142 Å². The molecule has 2 aliphatic rings. The maximum absolute atomic E-state index is 12.6. The third-order valence-electron chi connectivity index (χ3n) is 4.55. The smallest absolute Gasteiger partial charge is 0.317 e. The third-order valence-corrected chi connectivity index (χ3v) is 4.55. The van der Waals surface area contributed by atoms with E-state index in [1.54, 1.807) is 17.3 Å². The molecular weight excluding hydrogens is 308 g/mol. The van der Waals surface area contributed by atoms with E-state index in [-0.39, 0.29) is 17.9 Å². The van der Waals surface area contributed by atoms with Gasteiger partial charge in [0.1, 0.15) is 0 Å². The highest BCUT2D eigenvalue weighted by Gasteiger charge is 2.31. The molecule has 0 unspecified atom stereocenters. The molecule has 0 saturated carbocycles. The molecule has 0 radical (unpaired) electrons. The number of carbonyl (C=O) groups is 2. The zero-order chi connectivity index (χ0) is 16.8. The van der Waals surface area contributed by atoms with E-state index in [1.807, 2.05) is 17.0 Å². The highest BCUT2D eigenvalue weighted by Crippen LogP contribution is 2.19. The van der Waals surface area contributed by atoms with Crippen molar-refractivity contribution < 1.29 is 14.3 Å². The van der Waals surface area contributed by atoms with Crippen molar-refractivity contribution in [3.8, 4) is 0 Å². The van der Waals surface area contributed by atoms with Gasteiger partial charge in [-0.25, -0.2) is 4.79 Å². The fraction of sp³-hybridized carbons (Fsp3) is 0.588. The predicted octanol–water partition coefficient (Wildman–Crippen LogP) is 0.862. The van der Waals surface area contributed by atoms with Crippen LogP contribution in [-0.4, -0.2) is 66.1 Å². The van der Waals surface area contributed by atoms with E-state index in [9.17, 15) is 9.59 Å². The van der Waals surface area contributed by atoms with Gasteiger partial charge in [0.2, 0.25) is 5.91 Å². The lowest BCUT2D eigenvalue weighted by atomic mass is 9.96. The van der Waals surface area contributed by atoms with Crippen molar-refractivity contribution in [2.45, 2.75) is 19.4 Å². The van der Waals surface area contributed by atoms with E-state index in [0.717, 1.165) is 18.4 Å². The number of pyridine rings is 1. The molecule has 3 amide bonds. The summed E-state index contributed by atoms with van der Waals surface area (Å²) < 4.78 is 5.30. The monoisotopic (exact) mass is 332 g/mol. The van der Waals surface area contributed by atoms with E-state index >= 15 is 0 Å². The first-order chi connectivity index (χ1) is 11.7. The molecule has 0 aromatic carbocycles. The summed E-state index contributed by atoms with van der Waals surface area (Å²) in [4.78, 5) is 32.6. The Morgan fingerprint density at radius 3 is 2.83 bits per heavy atom. The highest BCUT2D eigenvalue weighted by atomic mass is 16.5. The number of rotatable bonds is 3. The van der Waals surface area contributed by atoms with Crippen LogP contribution in [0.25, 0.3) is 0 Å². The first-order valence-electron chi connectivity index (χ1n) is 8.52. The van der Waals surface area contributed by atoms with Gasteiger partial charge in [-0.15, -0.1) is 0 Å². The summed E-state index contributed by atoms with van der Waals surface area (Å²) in [6.45, 7) is 4.17. The fourth-order valence-corrected chi connectivity index (χ4v) is 3.20. The van der Waals surface area contributed by atoms with E-state index in [4.69, 9.17) is 4.74 Å². The van der Waals surface area contributed by atoms with Crippen molar-refractivity contribution >= 4 is 11.9 Å². The number of ether oxygens (including phenoxy) is 1. The highest BCUT2D eigenvalue weighted by molar-refractivity contribution is 5.81. The number of hydrogen-bond donors (Lipinski definition) is 1. The number of aromatic nitrogens is 1. The lowest BCUT2D eigenvalue weighted by Crippen LogP contribution is -2.51. The molecule has 24 heavy (non-hydrogen) atoms. The van der Waals surface area contributed by atoms with Gasteiger partial charge in [0.05, 0.1) is 19.1 Å². The van der Waals surface area contributed by atoms with Gasteiger partial charge < -0.3 is 19.9 Å². The second kappa shape index (κ2) is 8.10. The van der Waals surface area contributed by atoms with Crippen molar-refractivity contribution in [2.75, 3.05) is 39.4 Å². The summed E-state index contributed by atoms with van der Waals surface area (Å²) in [5, 5.41) is 2.91. The summed E-state index contributed by atoms with van der Waals surface area (Å²) >= 11 is 0. The molecule has 1 aromatic heterocycles. The Hall–Kier alpha value is -2.15. The first kappa shape index (κ1) is 16.7. The summed E-state index contributed by atoms with van der Waals surface area (Å²) in [5.41, 5.74) is 0.962. The normalized spacial score (nSPS) is 21.4. The van der Waals surface area contributed by atoms with Crippen LogP contribution in [-0.2, 0) is 16.1 Å². The maximum atomic E-state index is 12.6. The Morgan fingerprint density at radius 1 is 1.25 bits per heavy atom. The summed E-state index contributed by atoms with van der Waals surface area (Å²) in [6, 6.07) is 3.66. The molecule has 130 valence electrons. The molecule has 3 rings (SSSR count).